The van der Waals surface area contributed by atoms with Crippen molar-refractivity contribution in [2.24, 2.45) is 0 Å². The molecule has 4 nitrogen and oxygen atoms in total. The number of likely N-dealkylation sites (N-methyl/N-ethyl adjacent to an activating group) is 1. The molecular weight excluding hydrogens is 274 g/mol. The van der Waals surface area contributed by atoms with Crippen LogP contribution in [0.25, 0.3) is 0 Å². The first-order valence-corrected chi connectivity index (χ1v) is 7.03. The number of halogens is 2. The van der Waals surface area contributed by atoms with Gasteiger partial charge in [0.2, 0.25) is 10.0 Å². The summed E-state index contributed by atoms with van der Waals surface area (Å²) in [6.45, 7) is 7.11. The molecule has 0 aromatic heterocycles. The number of rotatable bonds is 5. The number of anilines is 1. The van der Waals surface area contributed by atoms with Crippen LogP contribution in [0.15, 0.2) is 29.2 Å². The van der Waals surface area contributed by atoms with Crippen molar-refractivity contribution in [2.45, 2.75) is 18.7 Å². The van der Waals surface area contributed by atoms with Crippen LogP contribution < -0.4 is 5.73 Å². The van der Waals surface area contributed by atoms with Gasteiger partial charge in [0.25, 0.3) is 0 Å². The Balaban J connectivity index is 3.33. The van der Waals surface area contributed by atoms with Gasteiger partial charge in [-0.2, -0.15) is 4.31 Å². The van der Waals surface area contributed by atoms with Crippen molar-refractivity contribution >= 4 is 15.7 Å². The number of hydrogen-bond donors (Lipinski definition) is 1. The molecule has 0 heterocycles. The van der Waals surface area contributed by atoms with E-state index in [0.717, 1.165) is 10.4 Å². The molecule has 7 heteroatoms. The van der Waals surface area contributed by atoms with E-state index in [1.54, 1.807) is 13.8 Å². The highest BCUT2D eigenvalue weighted by molar-refractivity contribution is 7.89. The average molecular weight is 290 g/mol. The molecular formula is C12H16F2N2O2S. The summed E-state index contributed by atoms with van der Waals surface area (Å²) in [5.74, 6) is -2.15. The molecule has 0 radical (unpaired) electrons. The van der Waals surface area contributed by atoms with Gasteiger partial charge in [0.1, 0.15) is 16.5 Å². The first kappa shape index (κ1) is 15.6. The van der Waals surface area contributed by atoms with E-state index in [1.807, 2.05) is 0 Å². The van der Waals surface area contributed by atoms with Crippen molar-refractivity contribution in [3.63, 3.8) is 0 Å². The zero-order valence-corrected chi connectivity index (χ0v) is 11.6. The number of nitrogens with two attached hydrogens (primary N) is 1. The van der Waals surface area contributed by atoms with Crippen LogP contribution in [-0.2, 0) is 10.0 Å². The van der Waals surface area contributed by atoms with Gasteiger partial charge in [-0.05, 0) is 13.0 Å². The van der Waals surface area contributed by atoms with E-state index in [-0.39, 0.29) is 13.1 Å². The molecule has 106 valence electrons. The second-order valence-corrected chi connectivity index (χ2v) is 6.10. The van der Waals surface area contributed by atoms with Gasteiger partial charge in [0.05, 0.1) is 5.69 Å². The third kappa shape index (κ3) is 3.30. The summed E-state index contributed by atoms with van der Waals surface area (Å²) in [4.78, 5) is -0.630. The van der Waals surface area contributed by atoms with Crippen LogP contribution in [0.3, 0.4) is 0 Å². The van der Waals surface area contributed by atoms with E-state index in [1.165, 1.54) is 0 Å². The van der Waals surface area contributed by atoms with Crippen LogP contribution in [-0.4, -0.2) is 25.8 Å². The number of benzene rings is 1. The van der Waals surface area contributed by atoms with E-state index >= 15 is 0 Å². The van der Waals surface area contributed by atoms with Crippen LogP contribution in [0.2, 0.25) is 0 Å². The summed E-state index contributed by atoms with van der Waals surface area (Å²) < 4.78 is 52.2. The largest absolute Gasteiger partial charge is 0.396 e. The van der Waals surface area contributed by atoms with Crippen LogP contribution >= 0.6 is 0 Å². The molecule has 0 saturated carbocycles. The molecule has 0 amide bonds. The maximum atomic E-state index is 13.6. The SMILES string of the molecule is C=C(C)CN(CC)S(=O)(=O)c1cc(N)c(F)cc1F. The minimum absolute atomic E-state index is 0.0650. The Labute approximate surface area is 111 Å². The molecule has 1 aromatic rings. The molecule has 0 atom stereocenters. The van der Waals surface area contributed by atoms with Gasteiger partial charge < -0.3 is 5.73 Å². The van der Waals surface area contributed by atoms with E-state index in [4.69, 9.17) is 5.73 Å². The quantitative estimate of drug-likeness (QED) is 0.667. The monoisotopic (exact) mass is 290 g/mol. The average Bonchev–Trinajstić information content (AvgIpc) is 2.30. The summed E-state index contributed by atoms with van der Waals surface area (Å²) >= 11 is 0. The summed E-state index contributed by atoms with van der Waals surface area (Å²) in [5.41, 5.74) is 5.49. The molecule has 2 N–H and O–H groups in total. The van der Waals surface area contributed by atoms with Crippen molar-refractivity contribution in [2.75, 3.05) is 18.8 Å². The lowest BCUT2D eigenvalue weighted by Crippen LogP contribution is -2.33. The third-order valence-electron chi connectivity index (χ3n) is 2.47. The van der Waals surface area contributed by atoms with Crippen LogP contribution in [0.5, 0.6) is 0 Å². The van der Waals surface area contributed by atoms with Gasteiger partial charge in [-0.1, -0.05) is 19.1 Å². The Morgan fingerprint density at radius 2 is 1.95 bits per heavy atom. The standard InChI is InChI=1S/C12H16F2N2O2S/c1-4-16(7-8(2)3)19(17,18)12-6-11(15)9(13)5-10(12)14/h5-6H,2,4,7,15H2,1,3H3. The van der Waals surface area contributed by atoms with Gasteiger partial charge in [0.15, 0.2) is 0 Å². The summed E-state index contributed by atoms with van der Waals surface area (Å²) in [7, 11) is -4.07. The Kier molecular flexibility index (Phi) is 4.65. The van der Waals surface area contributed by atoms with E-state index in [0.29, 0.717) is 11.6 Å². The van der Waals surface area contributed by atoms with Gasteiger partial charge in [-0.3, -0.25) is 0 Å². The van der Waals surface area contributed by atoms with Crippen molar-refractivity contribution in [1.82, 2.24) is 4.31 Å². The van der Waals surface area contributed by atoms with Gasteiger partial charge >= 0.3 is 0 Å². The predicted octanol–water partition coefficient (Wildman–Crippen LogP) is 2.13. The molecule has 0 aliphatic rings. The lowest BCUT2D eigenvalue weighted by Gasteiger charge is -2.21. The fourth-order valence-electron chi connectivity index (χ4n) is 1.55. The molecule has 19 heavy (non-hydrogen) atoms. The van der Waals surface area contributed by atoms with Crippen molar-refractivity contribution in [3.05, 3.63) is 35.9 Å². The molecule has 0 saturated heterocycles. The first-order chi connectivity index (χ1) is 8.70. The molecule has 0 aliphatic carbocycles. The molecule has 1 aromatic carbocycles. The summed E-state index contributed by atoms with van der Waals surface area (Å²) in [6, 6.07) is 1.26. The number of nitrogens with zero attached hydrogens (tertiary/aromatic N) is 1. The van der Waals surface area contributed by atoms with Gasteiger partial charge in [-0.25, -0.2) is 17.2 Å². The van der Waals surface area contributed by atoms with Crippen LogP contribution in [0.1, 0.15) is 13.8 Å². The van der Waals surface area contributed by atoms with Gasteiger partial charge in [-0.15, -0.1) is 0 Å². The number of sulfonamides is 1. The maximum absolute atomic E-state index is 13.6. The fraction of sp³-hybridized carbons (Fsp3) is 0.333. The highest BCUT2D eigenvalue weighted by Gasteiger charge is 2.27. The van der Waals surface area contributed by atoms with E-state index < -0.39 is 32.2 Å². The zero-order valence-electron chi connectivity index (χ0n) is 10.8. The topological polar surface area (TPSA) is 63.4 Å². The molecule has 0 unspecified atom stereocenters. The normalized spacial score (nSPS) is 11.8. The van der Waals surface area contributed by atoms with E-state index in [2.05, 4.69) is 6.58 Å². The highest BCUT2D eigenvalue weighted by atomic mass is 32.2. The Morgan fingerprint density at radius 3 is 2.42 bits per heavy atom. The highest BCUT2D eigenvalue weighted by Crippen LogP contribution is 2.24. The number of hydrogen-bond acceptors (Lipinski definition) is 3. The van der Waals surface area contributed by atoms with Crippen LogP contribution in [0, 0.1) is 11.6 Å². The molecule has 0 spiro atoms. The molecule has 0 bridgehead atoms. The molecule has 0 fully saturated rings. The predicted molar refractivity (Wildman–Crippen MR) is 70.0 cm³/mol. The molecule has 0 aliphatic heterocycles. The van der Waals surface area contributed by atoms with Crippen molar-refractivity contribution in [1.29, 1.82) is 0 Å². The minimum Gasteiger partial charge on any atom is -0.396 e. The fourth-order valence-corrected chi connectivity index (χ4v) is 3.14. The maximum Gasteiger partial charge on any atom is 0.246 e. The van der Waals surface area contributed by atoms with Crippen LogP contribution in [0.4, 0.5) is 14.5 Å². The Hall–Kier alpha value is -1.47. The second-order valence-electron chi connectivity index (χ2n) is 4.19. The summed E-state index contributed by atoms with van der Waals surface area (Å²) in [5, 5.41) is 0. The minimum atomic E-state index is -4.07. The summed E-state index contributed by atoms with van der Waals surface area (Å²) in [6.07, 6.45) is 0. The van der Waals surface area contributed by atoms with Gasteiger partial charge in [0, 0.05) is 19.2 Å². The van der Waals surface area contributed by atoms with E-state index in [9.17, 15) is 17.2 Å². The van der Waals surface area contributed by atoms with Crippen molar-refractivity contribution in [3.8, 4) is 0 Å². The number of nitrogen functional groups attached to an aromatic ring is 1. The lowest BCUT2D eigenvalue weighted by atomic mass is 10.3. The third-order valence-corrected chi connectivity index (χ3v) is 4.40. The first-order valence-electron chi connectivity index (χ1n) is 5.59. The van der Waals surface area contributed by atoms with Crippen molar-refractivity contribution < 1.29 is 17.2 Å². The zero-order chi connectivity index (χ0) is 14.8. The Morgan fingerprint density at radius 1 is 1.37 bits per heavy atom. The lowest BCUT2D eigenvalue weighted by molar-refractivity contribution is 0.446. The second kappa shape index (κ2) is 5.66. The Bertz CT molecular complexity index is 600. The smallest absolute Gasteiger partial charge is 0.246 e. The molecule has 1 rings (SSSR count).